The Bertz CT molecular complexity index is 1460. The summed E-state index contributed by atoms with van der Waals surface area (Å²) in [5, 5.41) is 6.98. The molecule has 0 spiro atoms. The summed E-state index contributed by atoms with van der Waals surface area (Å²) in [7, 11) is 1.55. The van der Waals surface area contributed by atoms with E-state index in [9.17, 15) is 9.59 Å². The van der Waals surface area contributed by atoms with Gasteiger partial charge in [-0.25, -0.2) is 5.43 Å². The van der Waals surface area contributed by atoms with Crippen LogP contribution in [0.3, 0.4) is 0 Å². The topological polar surface area (TPSA) is 89.0 Å². The van der Waals surface area contributed by atoms with Crippen LogP contribution in [0.1, 0.15) is 21.9 Å². The van der Waals surface area contributed by atoms with Crippen LogP contribution in [0.25, 0.3) is 11.1 Å². The van der Waals surface area contributed by atoms with E-state index in [-0.39, 0.29) is 29.4 Å². The summed E-state index contributed by atoms with van der Waals surface area (Å²) in [6.45, 7) is -0.144. The van der Waals surface area contributed by atoms with Crippen LogP contribution in [-0.4, -0.2) is 37.5 Å². The molecule has 2 amide bonds. The Morgan fingerprint density at radius 1 is 0.846 bits per heavy atom. The summed E-state index contributed by atoms with van der Waals surface area (Å²) >= 11 is 1.59. The van der Waals surface area contributed by atoms with E-state index in [0.717, 1.165) is 5.56 Å². The number of hydrogen-bond acceptors (Lipinski definition) is 6. The Morgan fingerprint density at radius 3 is 2.18 bits per heavy atom. The third kappa shape index (κ3) is 6.30. The van der Waals surface area contributed by atoms with Gasteiger partial charge in [0.05, 0.1) is 30.0 Å². The van der Waals surface area contributed by atoms with E-state index in [0.29, 0.717) is 17.2 Å². The van der Waals surface area contributed by atoms with Gasteiger partial charge in [0.2, 0.25) is 5.91 Å². The van der Waals surface area contributed by atoms with Gasteiger partial charge in [-0.05, 0) is 64.2 Å². The highest BCUT2D eigenvalue weighted by atomic mass is 32.2. The fourth-order valence-corrected chi connectivity index (χ4v) is 5.55. The number of carbonyl (C=O) groups is 2. The fraction of sp³-hybridized carbons (Fsp3) is 0.129. The van der Waals surface area contributed by atoms with E-state index in [2.05, 4.69) is 40.1 Å². The first-order valence-corrected chi connectivity index (χ1v) is 13.4. The Hall–Kier alpha value is -4.56. The number of nitrogens with one attached hydrogen (secondary N) is 2. The van der Waals surface area contributed by atoms with Gasteiger partial charge in [0.25, 0.3) is 5.91 Å². The largest absolute Gasteiger partial charge is 0.495 e. The number of amides is 2. The Balaban J connectivity index is 1.08. The average Bonchev–Trinajstić information content (AvgIpc) is 3.29. The zero-order valence-electron chi connectivity index (χ0n) is 21.3. The van der Waals surface area contributed by atoms with Crippen molar-refractivity contribution in [2.24, 2.45) is 5.10 Å². The van der Waals surface area contributed by atoms with Crippen molar-refractivity contribution in [1.82, 2.24) is 5.43 Å². The Kier molecular flexibility index (Phi) is 8.23. The molecule has 8 heteroatoms. The molecule has 4 aromatic carbocycles. The number of methoxy groups -OCH3 is 1. The van der Waals surface area contributed by atoms with Crippen LogP contribution >= 0.6 is 11.8 Å². The normalized spacial score (nSPS) is 12.0. The first-order valence-electron chi connectivity index (χ1n) is 12.4. The third-order valence-electron chi connectivity index (χ3n) is 6.19. The molecule has 196 valence electrons. The highest BCUT2D eigenvalue weighted by Gasteiger charge is 2.28. The SMILES string of the molecule is COc1ccccc1NC(=O)COc1ccc(C=NNC(=O)CSC2c3ccccc3-c3ccccc32)cc1. The van der Waals surface area contributed by atoms with Gasteiger partial charge in [0.15, 0.2) is 6.61 Å². The molecule has 0 aromatic heterocycles. The van der Waals surface area contributed by atoms with Crippen LogP contribution in [0, 0.1) is 0 Å². The molecule has 1 aliphatic carbocycles. The second kappa shape index (κ2) is 12.3. The summed E-state index contributed by atoms with van der Waals surface area (Å²) in [6, 6.07) is 30.9. The molecule has 1 aliphatic rings. The molecule has 2 N–H and O–H groups in total. The minimum atomic E-state index is -0.296. The van der Waals surface area contributed by atoms with Crippen LogP contribution in [-0.2, 0) is 9.59 Å². The predicted octanol–water partition coefficient (Wildman–Crippen LogP) is 5.67. The predicted molar refractivity (Wildman–Crippen MR) is 155 cm³/mol. The van der Waals surface area contributed by atoms with Crippen molar-refractivity contribution in [3.8, 4) is 22.6 Å². The van der Waals surface area contributed by atoms with E-state index in [1.807, 2.05) is 36.4 Å². The van der Waals surface area contributed by atoms with Gasteiger partial charge in [-0.15, -0.1) is 11.8 Å². The van der Waals surface area contributed by atoms with Gasteiger partial charge in [-0.1, -0.05) is 60.7 Å². The highest BCUT2D eigenvalue weighted by molar-refractivity contribution is 8.00. The van der Waals surface area contributed by atoms with Crippen molar-refractivity contribution >= 4 is 35.5 Å². The number of benzene rings is 4. The van der Waals surface area contributed by atoms with E-state index in [4.69, 9.17) is 9.47 Å². The second-order valence-corrected chi connectivity index (χ2v) is 9.86. The molecule has 5 rings (SSSR count). The van der Waals surface area contributed by atoms with E-state index in [1.165, 1.54) is 22.3 Å². The summed E-state index contributed by atoms with van der Waals surface area (Å²) in [5.74, 6) is 0.942. The molecule has 0 atom stereocenters. The van der Waals surface area contributed by atoms with Crippen molar-refractivity contribution in [3.05, 3.63) is 114 Å². The molecule has 0 radical (unpaired) electrons. The van der Waals surface area contributed by atoms with Crippen LogP contribution in [0.15, 0.2) is 102 Å². The number of carbonyl (C=O) groups excluding carboxylic acids is 2. The number of hydrazone groups is 1. The maximum atomic E-state index is 12.5. The third-order valence-corrected chi connectivity index (χ3v) is 7.46. The second-order valence-electron chi connectivity index (χ2n) is 8.76. The lowest BCUT2D eigenvalue weighted by atomic mass is 10.1. The molecule has 0 bridgehead atoms. The number of ether oxygens (including phenoxy) is 2. The summed E-state index contributed by atoms with van der Waals surface area (Å²) in [6.07, 6.45) is 1.57. The maximum absolute atomic E-state index is 12.5. The van der Waals surface area contributed by atoms with Crippen molar-refractivity contribution in [1.29, 1.82) is 0 Å². The molecule has 0 heterocycles. The molecular formula is C31H27N3O4S. The molecule has 0 unspecified atom stereocenters. The Labute approximate surface area is 231 Å². The minimum absolute atomic E-state index is 0.122. The molecule has 0 saturated carbocycles. The van der Waals surface area contributed by atoms with E-state index >= 15 is 0 Å². The van der Waals surface area contributed by atoms with Crippen molar-refractivity contribution in [2.75, 3.05) is 24.8 Å². The number of rotatable bonds is 10. The Morgan fingerprint density at radius 2 is 1.49 bits per heavy atom. The first kappa shape index (κ1) is 26.1. The van der Waals surface area contributed by atoms with Crippen LogP contribution < -0.4 is 20.2 Å². The van der Waals surface area contributed by atoms with Gasteiger partial charge in [-0.2, -0.15) is 5.10 Å². The summed E-state index contributed by atoms with van der Waals surface area (Å²) in [5.41, 5.74) is 8.90. The van der Waals surface area contributed by atoms with E-state index in [1.54, 1.807) is 61.5 Å². The van der Waals surface area contributed by atoms with Gasteiger partial charge in [-0.3, -0.25) is 9.59 Å². The molecule has 0 saturated heterocycles. The van der Waals surface area contributed by atoms with Gasteiger partial charge >= 0.3 is 0 Å². The smallest absolute Gasteiger partial charge is 0.262 e. The molecule has 7 nitrogen and oxygen atoms in total. The molecule has 4 aromatic rings. The average molecular weight is 538 g/mol. The first-order chi connectivity index (χ1) is 19.1. The number of anilines is 1. The molecular weight excluding hydrogens is 510 g/mol. The van der Waals surface area contributed by atoms with Gasteiger partial charge in [0.1, 0.15) is 11.5 Å². The fourth-order valence-electron chi connectivity index (χ4n) is 4.39. The van der Waals surface area contributed by atoms with Crippen molar-refractivity contribution < 1.29 is 19.1 Å². The van der Waals surface area contributed by atoms with Gasteiger partial charge in [0, 0.05) is 0 Å². The lowest BCUT2D eigenvalue weighted by Gasteiger charge is -2.12. The number of nitrogens with zero attached hydrogens (tertiary/aromatic N) is 1. The van der Waals surface area contributed by atoms with E-state index < -0.39 is 0 Å². The van der Waals surface area contributed by atoms with Crippen LogP contribution in [0.5, 0.6) is 11.5 Å². The number of hydrogen-bond donors (Lipinski definition) is 2. The number of fused-ring (bicyclic) bond motifs is 3. The maximum Gasteiger partial charge on any atom is 0.262 e. The lowest BCUT2D eigenvalue weighted by Crippen LogP contribution is -2.20. The zero-order valence-corrected chi connectivity index (χ0v) is 22.1. The summed E-state index contributed by atoms with van der Waals surface area (Å²) < 4.78 is 10.8. The van der Waals surface area contributed by atoms with Gasteiger partial charge < -0.3 is 14.8 Å². The quantitative estimate of drug-likeness (QED) is 0.201. The number of thioether (sulfide) groups is 1. The van der Waals surface area contributed by atoms with Crippen molar-refractivity contribution in [3.63, 3.8) is 0 Å². The van der Waals surface area contributed by atoms with Crippen molar-refractivity contribution in [2.45, 2.75) is 5.25 Å². The van der Waals surface area contributed by atoms with Crippen LogP contribution in [0.2, 0.25) is 0 Å². The monoisotopic (exact) mass is 537 g/mol. The molecule has 39 heavy (non-hydrogen) atoms. The summed E-state index contributed by atoms with van der Waals surface area (Å²) in [4.78, 5) is 24.7. The molecule has 0 fully saturated rings. The van der Waals surface area contributed by atoms with Crippen LogP contribution in [0.4, 0.5) is 5.69 Å². The number of para-hydroxylation sites is 2. The standard InChI is InChI=1S/C31H27N3O4S/c1-37-28-13-7-6-12-27(28)33-29(35)19-38-22-16-14-21(15-17-22)18-32-34-30(36)20-39-31-25-10-4-2-8-23(25)24-9-3-5-11-26(24)31/h2-18,31H,19-20H2,1H3,(H,33,35)(H,34,36). The lowest BCUT2D eigenvalue weighted by molar-refractivity contribution is -0.119. The minimum Gasteiger partial charge on any atom is -0.495 e. The molecule has 0 aliphatic heterocycles. The zero-order chi connectivity index (χ0) is 27.0. The highest BCUT2D eigenvalue weighted by Crippen LogP contribution is 2.49.